The molecule has 0 fully saturated rings. The molecule has 1 aromatic rings. The summed E-state index contributed by atoms with van der Waals surface area (Å²) in [6.07, 6.45) is -4.90. The molecule has 8 heteroatoms. The first-order valence-corrected chi connectivity index (χ1v) is 5.18. The molecule has 0 aliphatic carbocycles. The maximum absolute atomic E-state index is 12.0. The Morgan fingerprint density at radius 1 is 1.21 bits per heavy atom. The van der Waals surface area contributed by atoms with E-state index in [1.807, 2.05) is 0 Å². The Kier molecular flexibility index (Phi) is 4.74. The summed E-state index contributed by atoms with van der Waals surface area (Å²) in [5.74, 6) is -2.21. The van der Waals surface area contributed by atoms with Crippen molar-refractivity contribution in [1.29, 1.82) is 0 Å². The van der Waals surface area contributed by atoms with E-state index in [9.17, 15) is 22.8 Å². The van der Waals surface area contributed by atoms with Gasteiger partial charge in [-0.2, -0.15) is 13.2 Å². The highest BCUT2D eigenvalue weighted by molar-refractivity contribution is 5.94. The molecule has 0 unspecified atom stereocenters. The summed E-state index contributed by atoms with van der Waals surface area (Å²) >= 11 is 0. The number of nitrogens with two attached hydrogens (primary N) is 1. The maximum Gasteiger partial charge on any atom is 0.471 e. The highest BCUT2D eigenvalue weighted by atomic mass is 19.4. The average molecular weight is 276 g/mol. The van der Waals surface area contributed by atoms with Crippen LogP contribution in [-0.4, -0.2) is 24.6 Å². The molecule has 0 atom stereocenters. The molecular formula is C11H11F3N2O3. The van der Waals surface area contributed by atoms with Crippen molar-refractivity contribution in [2.24, 2.45) is 5.73 Å². The number of amides is 2. The third kappa shape index (κ3) is 5.28. The lowest BCUT2D eigenvalue weighted by Gasteiger charge is -2.09. The largest absolute Gasteiger partial charge is 0.493 e. The van der Waals surface area contributed by atoms with Crippen molar-refractivity contribution in [2.45, 2.75) is 12.6 Å². The number of rotatable bonds is 5. The summed E-state index contributed by atoms with van der Waals surface area (Å²) in [5, 5.41) is 1.69. The third-order valence-electron chi connectivity index (χ3n) is 1.99. The Balaban J connectivity index is 2.52. The normalized spacial score (nSPS) is 10.9. The molecular weight excluding hydrogens is 265 g/mol. The number of ether oxygens (including phenoxy) is 1. The second-order valence-electron chi connectivity index (χ2n) is 3.54. The molecule has 104 valence electrons. The zero-order valence-electron chi connectivity index (χ0n) is 9.66. The van der Waals surface area contributed by atoms with Crippen molar-refractivity contribution < 1.29 is 27.5 Å². The summed E-state index contributed by atoms with van der Waals surface area (Å²) in [6, 6.07) is 5.24. The Labute approximate surface area is 106 Å². The minimum atomic E-state index is -4.93. The van der Waals surface area contributed by atoms with Crippen molar-refractivity contribution in [1.82, 2.24) is 0 Å². The van der Waals surface area contributed by atoms with Crippen LogP contribution in [0.2, 0.25) is 0 Å². The standard InChI is InChI=1S/C11H11F3N2O3/c12-11(13,14)10(18)16-7-1-3-8(4-2-7)19-6-5-9(15)17/h1-4H,5-6H2,(H2,15,17)(H,16,18). The van der Waals surface area contributed by atoms with E-state index < -0.39 is 18.0 Å². The SMILES string of the molecule is NC(=O)CCOc1ccc(NC(=O)C(F)(F)F)cc1. The number of halogens is 3. The molecule has 19 heavy (non-hydrogen) atoms. The van der Waals surface area contributed by atoms with E-state index >= 15 is 0 Å². The zero-order valence-corrected chi connectivity index (χ0v) is 9.66. The summed E-state index contributed by atoms with van der Waals surface area (Å²) in [6.45, 7) is 0.0730. The van der Waals surface area contributed by atoms with Crippen LogP contribution in [0, 0.1) is 0 Å². The number of benzene rings is 1. The first-order chi connectivity index (χ1) is 8.79. The third-order valence-corrected chi connectivity index (χ3v) is 1.99. The smallest absolute Gasteiger partial charge is 0.471 e. The number of carbonyl (C=O) groups is 2. The highest BCUT2D eigenvalue weighted by Crippen LogP contribution is 2.20. The quantitative estimate of drug-likeness (QED) is 0.853. The van der Waals surface area contributed by atoms with Crippen LogP contribution in [0.5, 0.6) is 5.75 Å². The van der Waals surface area contributed by atoms with Gasteiger partial charge in [0.05, 0.1) is 13.0 Å². The van der Waals surface area contributed by atoms with E-state index in [1.165, 1.54) is 24.3 Å². The van der Waals surface area contributed by atoms with E-state index in [0.29, 0.717) is 5.75 Å². The molecule has 0 saturated heterocycles. The van der Waals surface area contributed by atoms with Crippen molar-refractivity contribution in [2.75, 3.05) is 11.9 Å². The van der Waals surface area contributed by atoms with Crippen LogP contribution < -0.4 is 15.8 Å². The predicted octanol–water partition coefficient (Wildman–Crippen LogP) is 1.44. The van der Waals surface area contributed by atoms with E-state index in [2.05, 4.69) is 0 Å². The van der Waals surface area contributed by atoms with Gasteiger partial charge in [-0.1, -0.05) is 0 Å². The molecule has 1 aromatic carbocycles. The van der Waals surface area contributed by atoms with E-state index in [-0.39, 0.29) is 18.7 Å². The summed E-state index contributed by atoms with van der Waals surface area (Å²) < 4.78 is 41.0. The van der Waals surface area contributed by atoms with Crippen LogP contribution in [0.25, 0.3) is 0 Å². The first kappa shape index (κ1) is 14.8. The van der Waals surface area contributed by atoms with Gasteiger partial charge in [0.1, 0.15) is 5.75 Å². The Morgan fingerprint density at radius 2 is 1.79 bits per heavy atom. The van der Waals surface area contributed by atoms with E-state index in [0.717, 1.165) is 0 Å². The monoisotopic (exact) mass is 276 g/mol. The lowest BCUT2D eigenvalue weighted by Crippen LogP contribution is -2.29. The van der Waals surface area contributed by atoms with Crippen molar-refractivity contribution in [3.8, 4) is 5.75 Å². The van der Waals surface area contributed by atoms with Crippen LogP contribution >= 0.6 is 0 Å². The number of alkyl halides is 3. The number of hydrogen-bond acceptors (Lipinski definition) is 3. The second kappa shape index (κ2) is 6.07. The van der Waals surface area contributed by atoms with Crippen molar-refractivity contribution in [3.63, 3.8) is 0 Å². The van der Waals surface area contributed by atoms with Gasteiger partial charge in [0.2, 0.25) is 5.91 Å². The van der Waals surface area contributed by atoms with Gasteiger partial charge in [-0.3, -0.25) is 9.59 Å². The fraction of sp³-hybridized carbons (Fsp3) is 0.273. The fourth-order valence-corrected chi connectivity index (χ4v) is 1.11. The molecule has 2 amide bonds. The van der Waals surface area contributed by atoms with Gasteiger partial charge < -0.3 is 15.8 Å². The topological polar surface area (TPSA) is 81.4 Å². The molecule has 0 aliphatic rings. The van der Waals surface area contributed by atoms with Crippen LogP contribution in [0.4, 0.5) is 18.9 Å². The van der Waals surface area contributed by atoms with Gasteiger partial charge >= 0.3 is 12.1 Å². The summed E-state index contributed by atoms with van der Waals surface area (Å²) in [4.78, 5) is 21.1. The Morgan fingerprint density at radius 3 is 2.26 bits per heavy atom. The van der Waals surface area contributed by atoms with Crippen molar-refractivity contribution >= 4 is 17.5 Å². The number of carbonyl (C=O) groups excluding carboxylic acids is 2. The molecule has 3 N–H and O–H groups in total. The van der Waals surface area contributed by atoms with Crippen LogP contribution in [0.15, 0.2) is 24.3 Å². The Bertz CT molecular complexity index is 457. The van der Waals surface area contributed by atoms with Gasteiger partial charge in [0.15, 0.2) is 0 Å². The van der Waals surface area contributed by atoms with E-state index in [4.69, 9.17) is 10.5 Å². The molecule has 0 heterocycles. The minimum Gasteiger partial charge on any atom is -0.493 e. The highest BCUT2D eigenvalue weighted by Gasteiger charge is 2.38. The van der Waals surface area contributed by atoms with Gasteiger partial charge in [-0.25, -0.2) is 0 Å². The van der Waals surface area contributed by atoms with Gasteiger partial charge in [-0.15, -0.1) is 0 Å². The second-order valence-corrected chi connectivity index (χ2v) is 3.54. The number of hydrogen-bond donors (Lipinski definition) is 2. The molecule has 0 radical (unpaired) electrons. The zero-order chi connectivity index (χ0) is 14.5. The molecule has 5 nitrogen and oxygen atoms in total. The summed E-state index contributed by atoms with van der Waals surface area (Å²) in [5.41, 5.74) is 4.89. The minimum absolute atomic E-state index is 0.00965. The van der Waals surface area contributed by atoms with Crippen molar-refractivity contribution in [3.05, 3.63) is 24.3 Å². The molecule has 0 aliphatic heterocycles. The maximum atomic E-state index is 12.0. The van der Waals surface area contributed by atoms with Crippen LogP contribution in [-0.2, 0) is 9.59 Å². The number of primary amides is 1. The lowest BCUT2D eigenvalue weighted by molar-refractivity contribution is -0.167. The average Bonchev–Trinajstić information content (AvgIpc) is 2.29. The predicted molar refractivity (Wildman–Crippen MR) is 60.4 cm³/mol. The summed E-state index contributed by atoms with van der Waals surface area (Å²) in [7, 11) is 0. The first-order valence-electron chi connectivity index (χ1n) is 5.18. The molecule has 0 saturated carbocycles. The van der Waals surface area contributed by atoms with Crippen LogP contribution in [0.1, 0.15) is 6.42 Å². The van der Waals surface area contributed by atoms with Gasteiger partial charge in [0, 0.05) is 5.69 Å². The molecule has 0 spiro atoms. The molecule has 0 bridgehead atoms. The molecule has 0 aromatic heterocycles. The van der Waals surface area contributed by atoms with E-state index in [1.54, 1.807) is 5.32 Å². The fourth-order valence-electron chi connectivity index (χ4n) is 1.11. The number of nitrogens with one attached hydrogen (secondary N) is 1. The number of anilines is 1. The molecule has 1 rings (SSSR count). The van der Waals surface area contributed by atoms with Gasteiger partial charge in [0.25, 0.3) is 0 Å². The van der Waals surface area contributed by atoms with Gasteiger partial charge in [-0.05, 0) is 24.3 Å². The Hall–Kier alpha value is -2.25. The van der Waals surface area contributed by atoms with Crippen LogP contribution in [0.3, 0.4) is 0 Å². The lowest BCUT2D eigenvalue weighted by atomic mass is 10.3.